The van der Waals surface area contributed by atoms with Gasteiger partial charge in [-0.2, -0.15) is 0 Å². The van der Waals surface area contributed by atoms with E-state index in [4.69, 9.17) is 5.73 Å². The monoisotopic (exact) mass is 198 g/mol. The number of nitrogens with two attached hydrogens (primary N) is 1. The quantitative estimate of drug-likeness (QED) is 0.717. The van der Waals surface area contributed by atoms with Crippen LogP contribution in [0.4, 0.5) is 0 Å². The molecule has 3 N–H and O–H groups in total. The van der Waals surface area contributed by atoms with Crippen LogP contribution in [0.1, 0.15) is 46.0 Å². The fraction of sp³-hybridized carbons (Fsp3) is 0.909. The summed E-state index contributed by atoms with van der Waals surface area (Å²) in [6.07, 6.45) is 5.76. The van der Waals surface area contributed by atoms with Crippen LogP contribution in [0.25, 0.3) is 0 Å². The van der Waals surface area contributed by atoms with Crippen LogP contribution in [-0.4, -0.2) is 18.0 Å². The highest BCUT2D eigenvalue weighted by atomic mass is 16.1. The van der Waals surface area contributed by atoms with Gasteiger partial charge in [0.05, 0.1) is 6.04 Å². The summed E-state index contributed by atoms with van der Waals surface area (Å²) in [5.41, 5.74) is 5.30. The number of rotatable bonds is 4. The van der Waals surface area contributed by atoms with Crippen LogP contribution in [0.3, 0.4) is 0 Å². The molecular formula is C11H22N2O. The second kappa shape index (κ2) is 5.35. The van der Waals surface area contributed by atoms with Crippen LogP contribution in [0, 0.1) is 5.92 Å². The fourth-order valence-electron chi connectivity index (χ4n) is 2.27. The van der Waals surface area contributed by atoms with Crippen molar-refractivity contribution in [2.45, 2.75) is 58.0 Å². The third-order valence-electron chi connectivity index (χ3n) is 3.12. The van der Waals surface area contributed by atoms with Gasteiger partial charge >= 0.3 is 0 Å². The highest BCUT2D eigenvalue weighted by Crippen LogP contribution is 2.23. The molecule has 0 saturated heterocycles. The first kappa shape index (κ1) is 11.5. The largest absolute Gasteiger partial charge is 0.368 e. The van der Waals surface area contributed by atoms with E-state index in [1.54, 1.807) is 0 Å². The molecule has 0 radical (unpaired) electrons. The van der Waals surface area contributed by atoms with E-state index >= 15 is 0 Å². The van der Waals surface area contributed by atoms with Crippen molar-refractivity contribution >= 4 is 5.91 Å². The van der Waals surface area contributed by atoms with Crippen LogP contribution in [0.5, 0.6) is 0 Å². The van der Waals surface area contributed by atoms with Crippen LogP contribution >= 0.6 is 0 Å². The first-order valence-electron chi connectivity index (χ1n) is 5.68. The van der Waals surface area contributed by atoms with Crippen LogP contribution < -0.4 is 11.1 Å². The van der Waals surface area contributed by atoms with Gasteiger partial charge in [-0.15, -0.1) is 0 Å². The van der Waals surface area contributed by atoms with Crippen molar-refractivity contribution in [2.75, 3.05) is 0 Å². The molecule has 1 amide bonds. The molecule has 1 fully saturated rings. The van der Waals surface area contributed by atoms with E-state index in [0.29, 0.717) is 6.04 Å². The second-order valence-corrected chi connectivity index (χ2v) is 4.50. The Kier molecular flexibility index (Phi) is 4.39. The SMILES string of the molecule is CCC(NC1CCCC(C)C1)C(N)=O. The lowest BCUT2D eigenvalue weighted by molar-refractivity contribution is -0.120. The lowest BCUT2D eigenvalue weighted by Crippen LogP contribution is -2.47. The predicted octanol–water partition coefficient (Wildman–Crippen LogP) is 1.42. The summed E-state index contributed by atoms with van der Waals surface area (Å²) in [4.78, 5) is 11.0. The van der Waals surface area contributed by atoms with Crippen molar-refractivity contribution in [3.8, 4) is 0 Å². The molecule has 0 aliphatic heterocycles. The number of primary amides is 1. The van der Waals surface area contributed by atoms with Gasteiger partial charge in [0.2, 0.25) is 5.91 Å². The summed E-state index contributed by atoms with van der Waals surface area (Å²) >= 11 is 0. The number of amides is 1. The zero-order chi connectivity index (χ0) is 10.6. The Morgan fingerprint density at radius 1 is 1.57 bits per heavy atom. The molecular weight excluding hydrogens is 176 g/mol. The number of carbonyl (C=O) groups is 1. The van der Waals surface area contributed by atoms with Crippen molar-refractivity contribution in [2.24, 2.45) is 11.7 Å². The zero-order valence-electron chi connectivity index (χ0n) is 9.25. The Bertz CT molecular complexity index is 194. The second-order valence-electron chi connectivity index (χ2n) is 4.50. The third-order valence-corrected chi connectivity index (χ3v) is 3.12. The maximum Gasteiger partial charge on any atom is 0.234 e. The van der Waals surface area contributed by atoms with Crippen LogP contribution in [0.15, 0.2) is 0 Å². The summed E-state index contributed by atoms with van der Waals surface area (Å²) in [5, 5.41) is 3.36. The molecule has 0 aromatic rings. The van der Waals surface area contributed by atoms with Crippen molar-refractivity contribution in [3.63, 3.8) is 0 Å². The minimum Gasteiger partial charge on any atom is -0.368 e. The standard InChI is InChI=1S/C11H22N2O/c1-3-10(11(12)14)13-9-6-4-5-8(2)7-9/h8-10,13H,3-7H2,1-2H3,(H2,12,14). The highest BCUT2D eigenvalue weighted by Gasteiger charge is 2.22. The average Bonchev–Trinajstić information content (AvgIpc) is 2.14. The molecule has 1 rings (SSSR count). The highest BCUT2D eigenvalue weighted by molar-refractivity contribution is 5.79. The van der Waals surface area contributed by atoms with Gasteiger partial charge < -0.3 is 11.1 Å². The van der Waals surface area contributed by atoms with E-state index in [9.17, 15) is 4.79 Å². The summed E-state index contributed by atoms with van der Waals surface area (Å²) < 4.78 is 0. The maximum absolute atomic E-state index is 11.0. The van der Waals surface area contributed by atoms with E-state index in [0.717, 1.165) is 12.3 Å². The Balaban J connectivity index is 2.37. The topological polar surface area (TPSA) is 55.1 Å². The van der Waals surface area contributed by atoms with Crippen molar-refractivity contribution in [1.82, 2.24) is 5.32 Å². The molecule has 14 heavy (non-hydrogen) atoms. The lowest BCUT2D eigenvalue weighted by Gasteiger charge is -2.30. The Labute approximate surface area is 86.4 Å². The van der Waals surface area contributed by atoms with Gasteiger partial charge in [-0.25, -0.2) is 0 Å². The molecule has 1 aliphatic rings. The van der Waals surface area contributed by atoms with E-state index in [1.165, 1.54) is 25.7 Å². The molecule has 0 aromatic heterocycles. The molecule has 1 saturated carbocycles. The van der Waals surface area contributed by atoms with Crippen LogP contribution in [0.2, 0.25) is 0 Å². The molecule has 1 aliphatic carbocycles. The molecule has 3 atom stereocenters. The zero-order valence-corrected chi connectivity index (χ0v) is 9.25. The number of nitrogens with one attached hydrogen (secondary N) is 1. The number of hydrogen-bond acceptors (Lipinski definition) is 2. The van der Waals surface area contributed by atoms with Gasteiger partial charge in [0.1, 0.15) is 0 Å². The van der Waals surface area contributed by atoms with Gasteiger partial charge in [-0.1, -0.05) is 26.7 Å². The smallest absolute Gasteiger partial charge is 0.234 e. The minimum atomic E-state index is -0.217. The maximum atomic E-state index is 11.0. The molecule has 0 heterocycles. The lowest BCUT2D eigenvalue weighted by atomic mass is 9.86. The van der Waals surface area contributed by atoms with Crippen molar-refractivity contribution < 1.29 is 4.79 Å². The Morgan fingerprint density at radius 2 is 2.29 bits per heavy atom. The van der Waals surface area contributed by atoms with Gasteiger partial charge in [-0.05, 0) is 25.2 Å². The van der Waals surface area contributed by atoms with E-state index in [1.807, 2.05) is 6.92 Å². The molecule has 3 unspecified atom stereocenters. The fourth-order valence-corrected chi connectivity index (χ4v) is 2.27. The molecule has 0 aromatic carbocycles. The first-order chi connectivity index (χ1) is 6.63. The average molecular weight is 198 g/mol. The van der Waals surface area contributed by atoms with Gasteiger partial charge in [0, 0.05) is 6.04 Å². The number of hydrogen-bond donors (Lipinski definition) is 2. The summed E-state index contributed by atoms with van der Waals surface area (Å²) in [7, 11) is 0. The summed E-state index contributed by atoms with van der Waals surface area (Å²) in [6.45, 7) is 4.27. The van der Waals surface area contributed by atoms with Crippen LogP contribution in [-0.2, 0) is 4.79 Å². The molecule has 0 spiro atoms. The predicted molar refractivity (Wildman–Crippen MR) is 57.8 cm³/mol. The normalized spacial score (nSPS) is 29.9. The van der Waals surface area contributed by atoms with E-state index in [-0.39, 0.29) is 11.9 Å². The number of carbonyl (C=O) groups excluding carboxylic acids is 1. The van der Waals surface area contributed by atoms with Crippen molar-refractivity contribution in [3.05, 3.63) is 0 Å². The molecule has 3 nitrogen and oxygen atoms in total. The van der Waals surface area contributed by atoms with Gasteiger partial charge in [0.25, 0.3) is 0 Å². The van der Waals surface area contributed by atoms with Crippen molar-refractivity contribution in [1.29, 1.82) is 0 Å². The molecule has 3 heteroatoms. The first-order valence-corrected chi connectivity index (χ1v) is 5.68. The van der Waals surface area contributed by atoms with E-state index < -0.39 is 0 Å². The Morgan fingerprint density at radius 3 is 2.79 bits per heavy atom. The minimum absolute atomic E-state index is 0.134. The Hall–Kier alpha value is -0.570. The molecule has 0 bridgehead atoms. The summed E-state index contributed by atoms with van der Waals surface area (Å²) in [6, 6.07) is 0.362. The van der Waals surface area contributed by atoms with Gasteiger partial charge in [0.15, 0.2) is 0 Å². The third kappa shape index (κ3) is 3.29. The van der Waals surface area contributed by atoms with E-state index in [2.05, 4.69) is 12.2 Å². The summed E-state index contributed by atoms with van der Waals surface area (Å²) in [5.74, 6) is 0.567. The van der Waals surface area contributed by atoms with Gasteiger partial charge in [-0.3, -0.25) is 4.79 Å². The molecule has 82 valence electrons.